The lowest BCUT2D eigenvalue weighted by Gasteiger charge is -2.23. The molecule has 1 N–H and O–H groups in total. The van der Waals surface area contributed by atoms with Crippen LogP contribution in [0.25, 0.3) is 16.0 Å². The van der Waals surface area contributed by atoms with Crippen LogP contribution in [-0.4, -0.2) is 43.1 Å². The van der Waals surface area contributed by atoms with Crippen molar-refractivity contribution in [2.75, 3.05) is 26.2 Å². The minimum Gasteiger partial charge on any atom is -0.507 e. The van der Waals surface area contributed by atoms with Crippen LogP contribution < -0.4 is 19.1 Å². The van der Waals surface area contributed by atoms with E-state index in [-0.39, 0.29) is 11.3 Å². The SMILES string of the molecule is COc1ccc(C(O)=C2C(=O)C(=O)N(c3nc4ccc(OC)cc4s3)[C@H]2c2ccc(OC)cc2)cc1. The van der Waals surface area contributed by atoms with E-state index in [1.54, 1.807) is 74.9 Å². The van der Waals surface area contributed by atoms with E-state index in [0.717, 1.165) is 4.70 Å². The number of aliphatic hydroxyl groups excluding tert-OH is 1. The van der Waals surface area contributed by atoms with Crippen LogP contribution in [0.3, 0.4) is 0 Å². The van der Waals surface area contributed by atoms with E-state index in [1.807, 2.05) is 6.07 Å². The van der Waals surface area contributed by atoms with Crippen molar-refractivity contribution in [1.29, 1.82) is 0 Å². The number of anilines is 1. The van der Waals surface area contributed by atoms with Gasteiger partial charge in [0.2, 0.25) is 0 Å². The van der Waals surface area contributed by atoms with E-state index < -0.39 is 17.7 Å². The number of thiazole rings is 1. The van der Waals surface area contributed by atoms with E-state index in [2.05, 4.69) is 4.98 Å². The lowest BCUT2D eigenvalue weighted by molar-refractivity contribution is -0.132. The monoisotopic (exact) mass is 502 g/mol. The molecular formula is C27H22N2O6S. The summed E-state index contributed by atoms with van der Waals surface area (Å²) in [6.45, 7) is 0. The summed E-state index contributed by atoms with van der Waals surface area (Å²) in [5, 5.41) is 11.6. The van der Waals surface area contributed by atoms with Gasteiger partial charge in [0, 0.05) is 5.56 Å². The van der Waals surface area contributed by atoms with Gasteiger partial charge in [0.1, 0.15) is 23.0 Å². The third kappa shape index (κ3) is 3.93. The van der Waals surface area contributed by atoms with Crippen LogP contribution in [0.4, 0.5) is 5.13 Å². The summed E-state index contributed by atoms with van der Waals surface area (Å²) in [5.74, 6) is 0.0486. The molecule has 1 saturated heterocycles. The quantitative estimate of drug-likeness (QED) is 0.226. The van der Waals surface area contributed by atoms with Crippen molar-refractivity contribution >= 4 is 44.1 Å². The van der Waals surface area contributed by atoms with Crippen LogP contribution in [0, 0.1) is 0 Å². The molecule has 1 atom stereocenters. The number of aromatic nitrogens is 1. The standard InChI is InChI=1S/C27H22N2O6S/c1-33-17-8-4-15(5-9-17)23-22(24(30)16-6-10-18(34-2)11-7-16)25(31)26(32)29(23)27-28-20-13-12-19(35-3)14-21(20)36-27/h4-14,23,30H,1-3H3/t23-/m0/s1. The number of carbonyl (C=O) groups excluding carboxylic acids is 2. The Hall–Kier alpha value is -4.37. The molecule has 5 rings (SSSR count). The predicted molar refractivity (Wildman–Crippen MR) is 137 cm³/mol. The highest BCUT2D eigenvalue weighted by atomic mass is 32.1. The smallest absolute Gasteiger partial charge is 0.301 e. The molecule has 0 aliphatic carbocycles. The summed E-state index contributed by atoms with van der Waals surface area (Å²) in [7, 11) is 4.67. The molecule has 1 aliphatic heterocycles. The molecule has 0 bridgehead atoms. The number of ketones is 1. The van der Waals surface area contributed by atoms with E-state index in [9.17, 15) is 14.7 Å². The number of hydrogen-bond donors (Lipinski definition) is 1. The number of nitrogens with zero attached hydrogens (tertiary/aromatic N) is 2. The van der Waals surface area contributed by atoms with E-state index in [0.29, 0.717) is 39.0 Å². The number of carbonyl (C=O) groups is 2. The van der Waals surface area contributed by atoms with Crippen LogP contribution in [0.15, 0.2) is 72.3 Å². The Kier molecular flexibility index (Phi) is 6.07. The average molecular weight is 503 g/mol. The van der Waals surface area contributed by atoms with Gasteiger partial charge in [-0.05, 0) is 60.2 Å². The van der Waals surface area contributed by atoms with Crippen molar-refractivity contribution in [2.45, 2.75) is 6.04 Å². The molecule has 1 fully saturated rings. The topological polar surface area (TPSA) is 98.2 Å². The number of rotatable bonds is 6. The molecule has 1 amide bonds. The molecule has 3 aromatic carbocycles. The first-order chi connectivity index (χ1) is 17.4. The van der Waals surface area contributed by atoms with Gasteiger partial charge in [-0.1, -0.05) is 23.5 Å². The molecule has 0 spiro atoms. The highest BCUT2D eigenvalue weighted by Gasteiger charge is 2.48. The number of hydrogen-bond acceptors (Lipinski definition) is 8. The fourth-order valence-electron chi connectivity index (χ4n) is 4.16. The summed E-state index contributed by atoms with van der Waals surface area (Å²) in [6.07, 6.45) is 0. The molecule has 9 heteroatoms. The van der Waals surface area contributed by atoms with Crippen molar-refractivity contribution in [3.8, 4) is 17.2 Å². The molecule has 2 heterocycles. The van der Waals surface area contributed by atoms with Crippen LogP contribution >= 0.6 is 11.3 Å². The van der Waals surface area contributed by atoms with Gasteiger partial charge in [0.15, 0.2) is 5.13 Å². The van der Waals surface area contributed by atoms with Gasteiger partial charge in [-0.2, -0.15) is 0 Å². The summed E-state index contributed by atoms with van der Waals surface area (Å²) in [6, 6.07) is 18.1. The maximum Gasteiger partial charge on any atom is 0.301 e. The maximum atomic E-state index is 13.4. The largest absolute Gasteiger partial charge is 0.507 e. The average Bonchev–Trinajstić information content (AvgIpc) is 3.45. The second-order valence-corrected chi connectivity index (χ2v) is 9.01. The number of amides is 1. The van der Waals surface area contributed by atoms with Gasteiger partial charge in [-0.25, -0.2) is 4.98 Å². The summed E-state index contributed by atoms with van der Waals surface area (Å²) >= 11 is 1.27. The normalized spacial score (nSPS) is 17.0. The first-order valence-corrected chi connectivity index (χ1v) is 11.8. The minimum atomic E-state index is -0.888. The Morgan fingerprint density at radius 1 is 0.861 bits per heavy atom. The van der Waals surface area contributed by atoms with E-state index in [1.165, 1.54) is 23.3 Å². The fraction of sp³-hybridized carbons (Fsp3) is 0.148. The molecule has 36 heavy (non-hydrogen) atoms. The Morgan fingerprint density at radius 2 is 1.44 bits per heavy atom. The highest BCUT2D eigenvalue weighted by molar-refractivity contribution is 7.22. The minimum absolute atomic E-state index is 0.0211. The van der Waals surface area contributed by atoms with Crippen molar-refractivity contribution in [1.82, 2.24) is 4.98 Å². The van der Waals surface area contributed by atoms with Gasteiger partial charge >= 0.3 is 5.91 Å². The van der Waals surface area contributed by atoms with Gasteiger partial charge in [-0.15, -0.1) is 0 Å². The molecule has 4 aromatic rings. The molecule has 1 aliphatic rings. The Balaban J connectivity index is 1.69. The van der Waals surface area contributed by atoms with Crippen molar-refractivity contribution in [2.24, 2.45) is 0 Å². The zero-order chi connectivity index (χ0) is 25.4. The first kappa shape index (κ1) is 23.4. The molecule has 0 unspecified atom stereocenters. The van der Waals surface area contributed by atoms with Crippen LogP contribution in [0.5, 0.6) is 17.2 Å². The summed E-state index contributed by atoms with van der Waals surface area (Å²) in [5.41, 5.74) is 1.66. The van der Waals surface area contributed by atoms with E-state index in [4.69, 9.17) is 14.2 Å². The van der Waals surface area contributed by atoms with Crippen molar-refractivity contribution in [3.05, 3.63) is 83.4 Å². The highest BCUT2D eigenvalue weighted by Crippen LogP contribution is 2.45. The second-order valence-electron chi connectivity index (χ2n) is 8.00. The Morgan fingerprint density at radius 3 is 2.06 bits per heavy atom. The number of ether oxygens (including phenoxy) is 3. The molecule has 1 aromatic heterocycles. The third-order valence-corrected chi connectivity index (χ3v) is 7.05. The van der Waals surface area contributed by atoms with E-state index >= 15 is 0 Å². The number of methoxy groups -OCH3 is 3. The predicted octanol–water partition coefficient (Wildman–Crippen LogP) is 4.95. The Labute approximate surface area is 211 Å². The molecule has 182 valence electrons. The second kappa shape index (κ2) is 9.35. The third-order valence-electron chi connectivity index (χ3n) is 6.03. The lowest BCUT2D eigenvalue weighted by atomic mass is 9.95. The molecule has 8 nitrogen and oxygen atoms in total. The van der Waals surface area contributed by atoms with Gasteiger partial charge in [-0.3, -0.25) is 14.5 Å². The summed E-state index contributed by atoms with van der Waals surface area (Å²) < 4.78 is 16.6. The number of fused-ring (bicyclic) bond motifs is 1. The zero-order valence-electron chi connectivity index (χ0n) is 19.7. The first-order valence-electron chi connectivity index (χ1n) is 11.0. The van der Waals surface area contributed by atoms with Gasteiger partial charge in [0.05, 0.1) is 43.2 Å². The van der Waals surface area contributed by atoms with Crippen molar-refractivity contribution < 1.29 is 28.9 Å². The van der Waals surface area contributed by atoms with Gasteiger partial charge < -0.3 is 19.3 Å². The van der Waals surface area contributed by atoms with Crippen molar-refractivity contribution in [3.63, 3.8) is 0 Å². The summed E-state index contributed by atoms with van der Waals surface area (Å²) in [4.78, 5) is 32.7. The molecule has 0 radical (unpaired) electrons. The van der Waals surface area contributed by atoms with Crippen LogP contribution in [0.1, 0.15) is 17.2 Å². The number of Topliss-reactive ketones (excluding diaryl/α,β-unsaturated/α-hetero) is 1. The Bertz CT molecular complexity index is 1490. The molecular weight excluding hydrogens is 480 g/mol. The fourth-order valence-corrected chi connectivity index (χ4v) is 5.18. The number of benzene rings is 3. The van der Waals surface area contributed by atoms with Crippen LogP contribution in [0.2, 0.25) is 0 Å². The zero-order valence-corrected chi connectivity index (χ0v) is 20.5. The van der Waals surface area contributed by atoms with Crippen LogP contribution in [-0.2, 0) is 9.59 Å². The lowest BCUT2D eigenvalue weighted by Crippen LogP contribution is -2.29. The van der Waals surface area contributed by atoms with Gasteiger partial charge in [0.25, 0.3) is 5.78 Å². The number of aliphatic hydroxyl groups is 1. The maximum absolute atomic E-state index is 13.4. The molecule has 0 saturated carbocycles.